The summed E-state index contributed by atoms with van der Waals surface area (Å²) in [5.41, 5.74) is 1.25. The minimum Gasteiger partial charge on any atom is -0.366 e. The van der Waals surface area contributed by atoms with Crippen LogP contribution in [0.4, 0.5) is 11.5 Å². The molecule has 1 aliphatic rings. The molecular weight excluding hydrogens is 356 g/mol. The summed E-state index contributed by atoms with van der Waals surface area (Å²) in [5.74, 6) is 0.132. The average Bonchev–Trinajstić information content (AvgIpc) is 2.94. The standard InChI is InChI=1S/C17H18N4O4S/c1-11(22)12-2-4-13(5-3-12)21-17(23)15-8-16(19-10-18-15)20-14-6-7-26(24,25)9-14/h2-5,8,10,14H,6-7,9H2,1H3,(H,21,23)(H,18,19,20). The van der Waals surface area contributed by atoms with E-state index in [2.05, 4.69) is 20.6 Å². The topological polar surface area (TPSA) is 118 Å². The van der Waals surface area contributed by atoms with Gasteiger partial charge in [-0.1, -0.05) is 0 Å². The Morgan fingerprint density at radius 3 is 2.50 bits per heavy atom. The fraction of sp³-hybridized carbons (Fsp3) is 0.294. The van der Waals surface area contributed by atoms with E-state index in [0.717, 1.165) is 0 Å². The molecule has 0 saturated carbocycles. The first-order valence-corrected chi connectivity index (χ1v) is 9.86. The Kier molecular flexibility index (Phi) is 4.99. The number of rotatable bonds is 5. The second-order valence-corrected chi connectivity index (χ2v) is 8.35. The van der Waals surface area contributed by atoms with Crippen LogP contribution in [0.2, 0.25) is 0 Å². The SMILES string of the molecule is CC(=O)c1ccc(NC(=O)c2cc(NC3CCS(=O)(=O)C3)ncn2)cc1. The molecule has 2 heterocycles. The van der Waals surface area contributed by atoms with E-state index in [9.17, 15) is 18.0 Å². The molecule has 2 N–H and O–H groups in total. The van der Waals surface area contributed by atoms with Crippen molar-refractivity contribution in [3.8, 4) is 0 Å². The molecular formula is C17H18N4O4S. The smallest absolute Gasteiger partial charge is 0.274 e. The molecule has 1 aromatic carbocycles. The molecule has 26 heavy (non-hydrogen) atoms. The van der Waals surface area contributed by atoms with Gasteiger partial charge in [-0.2, -0.15) is 0 Å². The van der Waals surface area contributed by atoms with Gasteiger partial charge in [-0.05, 0) is 37.6 Å². The van der Waals surface area contributed by atoms with Crippen LogP contribution in [0.25, 0.3) is 0 Å². The van der Waals surface area contributed by atoms with E-state index in [1.165, 1.54) is 19.3 Å². The summed E-state index contributed by atoms with van der Waals surface area (Å²) < 4.78 is 23.0. The summed E-state index contributed by atoms with van der Waals surface area (Å²) in [6.07, 6.45) is 1.76. The number of hydrogen-bond acceptors (Lipinski definition) is 7. The zero-order chi connectivity index (χ0) is 18.7. The predicted octanol–water partition coefficient (Wildman–Crippen LogP) is 1.53. The fourth-order valence-corrected chi connectivity index (χ4v) is 4.34. The van der Waals surface area contributed by atoms with Crippen molar-refractivity contribution in [1.82, 2.24) is 9.97 Å². The Hall–Kier alpha value is -2.81. The number of sulfone groups is 1. The predicted molar refractivity (Wildman–Crippen MR) is 97.1 cm³/mol. The normalized spacial score (nSPS) is 18.3. The summed E-state index contributed by atoms with van der Waals surface area (Å²) in [5, 5.41) is 5.72. The number of carbonyl (C=O) groups excluding carboxylic acids is 2. The van der Waals surface area contributed by atoms with E-state index in [-0.39, 0.29) is 29.0 Å². The van der Waals surface area contributed by atoms with Crippen LogP contribution in [0.1, 0.15) is 34.2 Å². The highest BCUT2D eigenvalue weighted by Crippen LogP contribution is 2.17. The lowest BCUT2D eigenvalue weighted by Gasteiger charge is -2.12. The number of nitrogens with zero attached hydrogens (tertiary/aromatic N) is 2. The summed E-state index contributed by atoms with van der Waals surface area (Å²) >= 11 is 0. The van der Waals surface area contributed by atoms with Crippen LogP contribution >= 0.6 is 0 Å². The number of hydrogen-bond donors (Lipinski definition) is 2. The Bertz CT molecular complexity index is 941. The summed E-state index contributed by atoms with van der Waals surface area (Å²) in [7, 11) is -3.00. The van der Waals surface area contributed by atoms with E-state index >= 15 is 0 Å². The third-order valence-corrected chi connectivity index (χ3v) is 5.80. The average molecular weight is 374 g/mol. The number of benzene rings is 1. The quantitative estimate of drug-likeness (QED) is 0.762. The molecule has 136 valence electrons. The largest absolute Gasteiger partial charge is 0.366 e. The lowest BCUT2D eigenvalue weighted by atomic mass is 10.1. The van der Waals surface area contributed by atoms with Gasteiger partial charge in [0.1, 0.15) is 17.8 Å². The Balaban J connectivity index is 1.67. The van der Waals surface area contributed by atoms with Gasteiger partial charge < -0.3 is 10.6 Å². The van der Waals surface area contributed by atoms with Crippen LogP contribution in [0.15, 0.2) is 36.7 Å². The first-order chi connectivity index (χ1) is 12.3. The molecule has 0 radical (unpaired) electrons. The van der Waals surface area contributed by atoms with E-state index in [1.54, 1.807) is 24.3 Å². The number of Topliss-reactive ketones (excluding diaryl/α,β-unsaturated/α-hetero) is 1. The summed E-state index contributed by atoms with van der Waals surface area (Å²) in [4.78, 5) is 31.6. The number of ketones is 1. The Morgan fingerprint density at radius 2 is 1.88 bits per heavy atom. The molecule has 0 aliphatic carbocycles. The minimum absolute atomic E-state index is 0.0525. The van der Waals surface area contributed by atoms with Gasteiger partial charge >= 0.3 is 0 Å². The third-order valence-electron chi connectivity index (χ3n) is 4.03. The van der Waals surface area contributed by atoms with E-state index < -0.39 is 15.7 Å². The number of aromatic nitrogens is 2. The Labute approximate surface area is 151 Å². The van der Waals surface area contributed by atoms with Crippen molar-refractivity contribution in [2.45, 2.75) is 19.4 Å². The third kappa shape index (κ3) is 4.42. The highest BCUT2D eigenvalue weighted by molar-refractivity contribution is 7.91. The van der Waals surface area contributed by atoms with E-state index in [0.29, 0.717) is 23.5 Å². The first-order valence-electron chi connectivity index (χ1n) is 8.04. The minimum atomic E-state index is -3.00. The van der Waals surface area contributed by atoms with Gasteiger partial charge in [0.25, 0.3) is 5.91 Å². The first kappa shape index (κ1) is 18.0. The molecule has 1 atom stereocenters. The molecule has 3 rings (SSSR count). The maximum absolute atomic E-state index is 12.3. The van der Waals surface area contributed by atoms with Crippen molar-refractivity contribution < 1.29 is 18.0 Å². The van der Waals surface area contributed by atoms with Crippen LogP contribution in [-0.4, -0.2) is 47.6 Å². The second-order valence-electron chi connectivity index (χ2n) is 6.12. The number of amides is 1. The maximum atomic E-state index is 12.3. The van der Waals surface area contributed by atoms with Gasteiger partial charge in [0.15, 0.2) is 15.6 Å². The lowest BCUT2D eigenvalue weighted by molar-refractivity contribution is 0.101. The van der Waals surface area contributed by atoms with Gasteiger partial charge in [0, 0.05) is 23.4 Å². The van der Waals surface area contributed by atoms with Crippen LogP contribution in [0, 0.1) is 0 Å². The van der Waals surface area contributed by atoms with E-state index in [4.69, 9.17) is 0 Å². The molecule has 1 saturated heterocycles. The van der Waals surface area contributed by atoms with Gasteiger partial charge in [0.2, 0.25) is 0 Å². The van der Waals surface area contributed by atoms with Crippen molar-refractivity contribution >= 4 is 33.0 Å². The van der Waals surface area contributed by atoms with E-state index in [1.807, 2.05) is 0 Å². The zero-order valence-electron chi connectivity index (χ0n) is 14.1. The van der Waals surface area contributed by atoms with Crippen molar-refractivity contribution in [2.24, 2.45) is 0 Å². The monoisotopic (exact) mass is 374 g/mol. The number of carbonyl (C=O) groups is 2. The van der Waals surface area contributed by atoms with Crippen LogP contribution < -0.4 is 10.6 Å². The summed E-state index contributed by atoms with van der Waals surface area (Å²) in [6.45, 7) is 1.47. The second kappa shape index (κ2) is 7.20. The number of anilines is 2. The Morgan fingerprint density at radius 1 is 1.15 bits per heavy atom. The molecule has 9 heteroatoms. The van der Waals surface area contributed by atoms with Gasteiger partial charge in [-0.3, -0.25) is 9.59 Å². The zero-order valence-corrected chi connectivity index (χ0v) is 14.9. The molecule has 1 aromatic heterocycles. The summed E-state index contributed by atoms with van der Waals surface area (Å²) in [6, 6.07) is 7.79. The highest BCUT2D eigenvalue weighted by Gasteiger charge is 2.28. The maximum Gasteiger partial charge on any atom is 0.274 e. The van der Waals surface area contributed by atoms with Crippen molar-refractivity contribution in [2.75, 3.05) is 22.1 Å². The van der Waals surface area contributed by atoms with Crippen LogP contribution in [0.5, 0.6) is 0 Å². The van der Waals surface area contributed by atoms with Crippen molar-refractivity contribution in [1.29, 1.82) is 0 Å². The highest BCUT2D eigenvalue weighted by atomic mass is 32.2. The van der Waals surface area contributed by atoms with Gasteiger partial charge in [0.05, 0.1) is 11.5 Å². The van der Waals surface area contributed by atoms with Crippen LogP contribution in [-0.2, 0) is 9.84 Å². The molecule has 2 aromatic rings. The van der Waals surface area contributed by atoms with Crippen LogP contribution in [0.3, 0.4) is 0 Å². The molecule has 1 amide bonds. The molecule has 8 nitrogen and oxygen atoms in total. The number of nitrogens with one attached hydrogen (secondary N) is 2. The molecule has 1 aliphatic heterocycles. The molecule has 0 spiro atoms. The molecule has 1 fully saturated rings. The van der Waals surface area contributed by atoms with Gasteiger partial charge in [-0.15, -0.1) is 0 Å². The van der Waals surface area contributed by atoms with Gasteiger partial charge in [-0.25, -0.2) is 18.4 Å². The van der Waals surface area contributed by atoms with Crippen molar-refractivity contribution in [3.63, 3.8) is 0 Å². The molecule has 1 unspecified atom stereocenters. The molecule has 0 bridgehead atoms. The van der Waals surface area contributed by atoms with Crippen molar-refractivity contribution in [3.05, 3.63) is 47.9 Å². The fourth-order valence-electron chi connectivity index (χ4n) is 2.66. The lowest BCUT2D eigenvalue weighted by Crippen LogP contribution is -2.22.